The van der Waals surface area contributed by atoms with Gasteiger partial charge in [-0.1, -0.05) is 12.8 Å². The van der Waals surface area contributed by atoms with E-state index in [0.717, 1.165) is 31.4 Å². The van der Waals surface area contributed by atoms with Gasteiger partial charge in [0, 0.05) is 5.69 Å². The molecule has 0 atom stereocenters. The van der Waals surface area contributed by atoms with Crippen LogP contribution in [0.3, 0.4) is 0 Å². The topological polar surface area (TPSA) is 68.0 Å². The Kier molecular flexibility index (Phi) is 2.92. The Labute approximate surface area is 95.3 Å². The lowest BCUT2D eigenvalue weighted by Crippen LogP contribution is -2.48. The fourth-order valence-electron chi connectivity index (χ4n) is 2.03. The highest BCUT2D eigenvalue weighted by Crippen LogP contribution is 2.28. The molecule has 4 heteroatoms. The van der Waals surface area contributed by atoms with Crippen molar-refractivity contribution in [2.45, 2.75) is 38.1 Å². The first-order valence-corrected chi connectivity index (χ1v) is 5.63. The number of nitrogens with two attached hydrogens (primary N) is 1. The number of anilines is 1. The highest BCUT2D eigenvalue weighted by molar-refractivity contribution is 5.98. The summed E-state index contributed by atoms with van der Waals surface area (Å²) in [5.41, 5.74) is 7.02. The lowest BCUT2D eigenvalue weighted by atomic mass is 9.98. The molecule has 0 unspecified atom stereocenters. The maximum atomic E-state index is 12.0. The summed E-state index contributed by atoms with van der Waals surface area (Å²) in [4.78, 5) is 16.1. The lowest BCUT2D eigenvalue weighted by Gasteiger charge is -2.22. The molecule has 1 aromatic heterocycles. The molecule has 0 radical (unpaired) electrons. The van der Waals surface area contributed by atoms with Gasteiger partial charge in [-0.05, 0) is 31.9 Å². The summed E-state index contributed by atoms with van der Waals surface area (Å²) >= 11 is 0. The van der Waals surface area contributed by atoms with E-state index in [1.807, 2.05) is 19.1 Å². The molecule has 2 rings (SSSR count). The van der Waals surface area contributed by atoms with Crippen LogP contribution in [0.4, 0.5) is 5.69 Å². The summed E-state index contributed by atoms with van der Waals surface area (Å²) in [6.07, 6.45) is 5.29. The zero-order valence-electron chi connectivity index (χ0n) is 9.49. The molecular formula is C12H17N3O. The molecule has 16 heavy (non-hydrogen) atoms. The second kappa shape index (κ2) is 4.22. The van der Waals surface area contributed by atoms with Gasteiger partial charge in [-0.25, -0.2) is 0 Å². The normalized spacial score (nSPS) is 18.4. The fourth-order valence-corrected chi connectivity index (χ4v) is 2.03. The molecule has 0 spiro atoms. The zero-order chi connectivity index (χ0) is 11.6. The minimum Gasteiger partial charge on any atom is -0.323 e. The Bertz CT molecular complexity index is 380. The number of carbonyl (C=O) groups is 1. The van der Waals surface area contributed by atoms with E-state index in [9.17, 15) is 4.79 Å². The van der Waals surface area contributed by atoms with Crippen LogP contribution in [0, 0.1) is 6.92 Å². The summed E-state index contributed by atoms with van der Waals surface area (Å²) in [5, 5.41) is 2.83. The first-order chi connectivity index (χ1) is 7.60. The van der Waals surface area contributed by atoms with Crippen molar-refractivity contribution in [1.29, 1.82) is 0 Å². The van der Waals surface area contributed by atoms with Crippen molar-refractivity contribution >= 4 is 11.6 Å². The minimum absolute atomic E-state index is 0.0874. The largest absolute Gasteiger partial charge is 0.323 e. The van der Waals surface area contributed by atoms with Crippen LogP contribution in [0.15, 0.2) is 18.3 Å². The fraction of sp³-hybridized carbons (Fsp3) is 0.500. The molecule has 1 aliphatic rings. The van der Waals surface area contributed by atoms with E-state index in [1.54, 1.807) is 6.20 Å². The van der Waals surface area contributed by atoms with E-state index in [-0.39, 0.29) is 5.91 Å². The number of hydrogen-bond acceptors (Lipinski definition) is 3. The molecule has 0 saturated heterocycles. The van der Waals surface area contributed by atoms with Crippen LogP contribution in [0.25, 0.3) is 0 Å². The third-order valence-electron chi connectivity index (χ3n) is 3.12. The summed E-state index contributed by atoms with van der Waals surface area (Å²) < 4.78 is 0. The van der Waals surface area contributed by atoms with Crippen molar-refractivity contribution in [2.24, 2.45) is 5.73 Å². The number of nitrogens with zero attached hydrogens (tertiary/aromatic N) is 1. The molecule has 1 saturated carbocycles. The van der Waals surface area contributed by atoms with Crippen LogP contribution in [0.5, 0.6) is 0 Å². The van der Waals surface area contributed by atoms with Gasteiger partial charge in [0.25, 0.3) is 0 Å². The Balaban J connectivity index is 2.04. The smallest absolute Gasteiger partial charge is 0.244 e. The predicted octanol–water partition coefficient (Wildman–Crippen LogP) is 1.60. The summed E-state index contributed by atoms with van der Waals surface area (Å²) in [7, 11) is 0. The third-order valence-corrected chi connectivity index (χ3v) is 3.12. The van der Waals surface area contributed by atoms with Gasteiger partial charge < -0.3 is 11.1 Å². The molecule has 1 amide bonds. The van der Waals surface area contributed by atoms with Crippen molar-refractivity contribution in [1.82, 2.24) is 4.98 Å². The van der Waals surface area contributed by atoms with Gasteiger partial charge in [-0.3, -0.25) is 9.78 Å². The van der Waals surface area contributed by atoms with Crippen molar-refractivity contribution in [3.8, 4) is 0 Å². The number of hydrogen-bond donors (Lipinski definition) is 2. The number of nitrogens with one attached hydrogen (secondary N) is 1. The van der Waals surface area contributed by atoms with Gasteiger partial charge in [0.2, 0.25) is 5.91 Å². The second-order valence-electron chi connectivity index (χ2n) is 4.51. The SMILES string of the molecule is Cc1ccc(NC(=O)C2(N)CCCC2)cn1. The average molecular weight is 219 g/mol. The van der Waals surface area contributed by atoms with E-state index in [0.29, 0.717) is 5.69 Å². The lowest BCUT2D eigenvalue weighted by molar-refractivity contribution is -0.121. The predicted molar refractivity (Wildman–Crippen MR) is 63.0 cm³/mol. The summed E-state index contributed by atoms with van der Waals surface area (Å²) in [5.74, 6) is -0.0874. The summed E-state index contributed by atoms with van der Waals surface area (Å²) in [6, 6.07) is 3.71. The zero-order valence-corrected chi connectivity index (χ0v) is 9.49. The number of aromatic nitrogens is 1. The standard InChI is InChI=1S/C12H17N3O/c1-9-4-5-10(8-14-9)15-11(16)12(13)6-2-3-7-12/h4-5,8H,2-3,6-7,13H2,1H3,(H,15,16). The van der Waals surface area contributed by atoms with Crippen LogP contribution in [0.1, 0.15) is 31.4 Å². The van der Waals surface area contributed by atoms with Gasteiger partial charge >= 0.3 is 0 Å². The first kappa shape index (κ1) is 11.1. The Morgan fingerprint density at radius 3 is 2.69 bits per heavy atom. The molecule has 3 N–H and O–H groups in total. The molecule has 0 aromatic carbocycles. The first-order valence-electron chi connectivity index (χ1n) is 5.63. The monoisotopic (exact) mass is 219 g/mol. The van der Waals surface area contributed by atoms with E-state index in [1.165, 1.54) is 0 Å². The average Bonchev–Trinajstić information content (AvgIpc) is 2.70. The van der Waals surface area contributed by atoms with E-state index < -0.39 is 5.54 Å². The Morgan fingerprint density at radius 1 is 1.44 bits per heavy atom. The minimum atomic E-state index is -0.676. The number of carbonyl (C=O) groups excluding carboxylic acids is 1. The second-order valence-corrected chi connectivity index (χ2v) is 4.51. The van der Waals surface area contributed by atoms with Crippen LogP contribution >= 0.6 is 0 Å². The van der Waals surface area contributed by atoms with Crippen LogP contribution in [-0.2, 0) is 4.79 Å². The molecule has 0 bridgehead atoms. The van der Waals surface area contributed by atoms with Crippen molar-refractivity contribution < 1.29 is 4.79 Å². The summed E-state index contributed by atoms with van der Waals surface area (Å²) in [6.45, 7) is 1.91. The maximum Gasteiger partial charge on any atom is 0.244 e. The molecule has 1 heterocycles. The van der Waals surface area contributed by atoms with E-state index >= 15 is 0 Å². The molecule has 1 aliphatic carbocycles. The highest BCUT2D eigenvalue weighted by atomic mass is 16.2. The third kappa shape index (κ3) is 2.22. The Morgan fingerprint density at radius 2 is 2.12 bits per heavy atom. The number of pyridine rings is 1. The molecule has 1 aromatic rings. The maximum absolute atomic E-state index is 12.0. The number of aryl methyl sites for hydroxylation is 1. The van der Waals surface area contributed by atoms with E-state index in [4.69, 9.17) is 5.73 Å². The van der Waals surface area contributed by atoms with Crippen molar-refractivity contribution in [3.05, 3.63) is 24.0 Å². The Hall–Kier alpha value is -1.42. The van der Waals surface area contributed by atoms with Gasteiger partial charge in [0.1, 0.15) is 0 Å². The van der Waals surface area contributed by atoms with Gasteiger partial charge in [0.05, 0.1) is 17.4 Å². The molecule has 1 fully saturated rings. The van der Waals surface area contributed by atoms with Crippen LogP contribution in [0.2, 0.25) is 0 Å². The van der Waals surface area contributed by atoms with Crippen molar-refractivity contribution in [2.75, 3.05) is 5.32 Å². The molecule has 4 nitrogen and oxygen atoms in total. The van der Waals surface area contributed by atoms with Gasteiger partial charge in [-0.2, -0.15) is 0 Å². The van der Waals surface area contributed by atoms with E-state index in [2.05, 4.69) is 10.3 Å². The molecular weight excluding hydrogens is 202 g/mol. The van der Waals surface area contributed by atoms with Gasteiger partial charge in [0.15, 0.2) is 0 Å². The number of amides is 1. The van der Waals surface area contributed by atoms with Crippen molar-refractivity contribution in [3.63, 3.8) is 0 Å². The quantitative estimate of drug-likeness (QED) is 0.793. The van der Waals surface area contributed by atoms with Crippen LogP contribution < -0.4 is 11.1 Å². The van der Waals surface area contributed by atoms with Crippen LogP contribution in [-0.4, -0.2) is 16.4 Å². The number of rotatable bonds is 2. The molecule has 0 aliphatic heterocycles. The highest BCUT2D eigenvalue weighted by Gasteiger charge is 2.36. The molecule has 86 valence electrons. The van der Waals surface area contributed by atoms with Gasteiger partial charge in [-0.15, -0.1) is 0 Å².